The first-order valence-corrected chi connectivity index (χ1v) is 6.08. The van der Waals surface area contributed by atoms with Crippen molar-refractivity contribution < 1.29 is 13.5 Å². The molecule has 1 aromatic rings. The van der Waals surface area contributed by atoms with Gasteiger partial charge in [-0.1, -0.05) is 13.0 Å². The van der Waals surface area contributed by atoms with E-state index in [1.807, 2.05) is 0 Å². The summed E-state index contributed by atoms with van der Waals surface area (Å²) < 4.78 is 31.8. The van der Waals surface area contributed by atoms with Crippen molar-refractivity contribution in [2.24, 2.45) is 5.92 Å². The number of methoxy groups -OCH3 is 1. The largest absolute Gasteiger partial charge is 0.374 e. The average Bonchev–Trinajstić information content (AvgIpc) is 2.34. The van der Waals surface area contributed by atoms with Crippen LogP contribution in [0, 0.1) is 17.6 Å². The van der Waals surface area contributed by atoms with Crippen LogP contribution < -0.4 is 0 Å². The number of ether oxygens (including phenoxy) is 1. The van der Waals surface area contributed by atoms with Gasteiger partial charge in [0.1, 0.15) is 0 Å². The zero-order valence-electron chi connectivity index (χ0n) is 10.3. The molecule has 0 atom stereocenters. The zero-order chi connectivity index (χ0) is 12.5. The van der Waals surface area contributed by atoms with E-state index in [1.165, 1.54) is 12.1 Å². The van der Waals surface area contributed by atoms with Crippen molar-refractivity contribution in [1.29, 1.82) is 0 Å². The molecule has 1 aliphatic rings. The van der Waals surface area contributed by atoms with E-state index in [0.717, 1.165) is 31.2 Å². The summed E-state index contributed by atoms with van der Waals surface area (Å²) in [5.41, 5.74) is 0.326. The van der Waals surface area contributed by atoms with Crippen LogP contribution in [0.25, 0.3) is 0 Å². The Balaban J connectivity index is 2.31. The molecule has 1 aromatic carbocycles. The summed E-state index contributed by atoms with van der Waals surface area (Å²) in [5.74, 6) is -0.912. The molecular formula is C14H18F2O. The lowest BCUT2D eigenvalue weighted by molar-refractivity contribution is -0.0532. The second-order valence-electron chi connectivity index (χ2n) is 5.01. The Labute approximate surface area is 101 Å². The van der Waals surface area contributed by atoms with Crippen LogP contribution in [-0.2, 0) is 10.3 Å². The van der Waals surface area contributed by atoms with Crippen LogP contribution in [0.5, 0.6) is 0 Å². The van der Waals surface area contributed by atoms with Crippen molar-refractivity contribution in [1.82, 2.24) is 0 Å². The third-order valence-electron chi connectivity index (χ3n) is 3.92. The van der Waals surface area contributed by atoms with Crippen LogP contribution in [0.2, 0.25) is 0 Å². The predicted octanol–water partition coefficient (Wildman–Crippen LogP) is 4.02. The molecule has 2 rings (SSSR count). The van der Waals surface area contributed by atoms with E-state index in [9.17, 15) is 8.78 Å². The van der Waals surface area contributed by atoms with Gasteiger partial charge in [-0.3, -0.25) is 0 Å². The predicted molar refractivity (Wildman–Crippen MR) is 62.7 cm³/mol. The van der Waals surface area contributed by atoms with Crippen molar-refractivity contribution >= 4 is 0 Å². The van der Waals surface area contributed by atoms with Crippen molar-refractivity contribution in [3.63, 3.8) is 0 Å². The second kappa shape index (κ2) is 4.73. The Morgan fingerprint density at radius 3 is 2.35 bits per heavy atom. The molecule has 0 radical (unpaired) electrons. The van der Waals surface area contributed by atoms with Crippen LogP contribution in [0.15, 0.2) is 18.2 Å². The summed E-state index contributed by atoms with van der Waals surface area (Å²) in [6.07, 6.45) is 3.87. The first-order chi connectivity index (χ1) is 8.07. The Bertz CT molecular complexity index is 395. The minimum atomic E-state index is -0.802. The average molecular weight is 240 g/mol. The highest BCUT2D eigenvalue weighted by atomic mass is 19.2. The smallest absolute Gasteiger partial charge is 0.159 e. The van der Waals surface area contributed by atoms with Gasteiger partial charge < -0.3 is 4.74 Å². The van der Waals surface area contributed by atoms with E-state index in [0.29, 0.717) is 5.92 Å². The van der Waals surface area contributed by atoms with E-state index < -0.39 is 17.2 Å². The van der Waals surface area contributed by atoms with Crippen molar-refractivity contribution in [3.8, 4) is 0 Å². The number of hydrogen-bond acceptors (Lipinski definition) is 1. The van der Waals surface area contributed by atoms with E-state index in [2.05, 4.69) is 6.92 Å². The Morgan fingerprint density at radius 1 is 1.18 bits per heavy atom. The maximum Gasteiger partial charge on any atom is 0.159 e. The first-order valence-electron chi connectivity index (χ1n) is 6.08. The summed E-state index contributed by atoms with van der Waals surface area (Å²) in [5, 5.41) is 0. The molecule has 0 aliphatic heterocycles. The highest BCUT2D eigenvalue weighted by molar-refractivity contribution is 5.25. The minimum absolute atomic E-state index is 0.430. The summed E-state index contributed by atoms with van der Waals surface area (Å²) >= 11 is 0. The van der Waals surface area contributed by atoms with Crippen molar-refractivity contribution in [3.05, 3.63) is 35.4 Å². The fourth-order valence-corrected chi connectivity index (χ4v) is 2.62. The summed E-state index contributed by atoms with van der Waals surface area (Å²) in [6, 6.07) is 4.09. The van der Waals surface area contributed by atoms with Gasteiger partial charge >= 0.3 is 0 Å². The molecule has 0 bridgehead atoms. The highest BCUT2D eigenvalue weighted by Gasteiger charge is 2.36. The lowest BCUT2D eigenvalue weighted by atomic mass is 9.75. The third kappa shape index (κ3) is 2.34. The van der Waals surface area contributed by atoms with Gasteiger partial charge in [0, 0.05) is 7.11 Å². The van der Waals surface area contributed by atoms with Gasteiger partial charge in [0.25, 0.3) is 0 Å². The van der Waals surface area contributed by atoms with Gasteiger partial charge in [0.05, 0.1) is 5.60 Å². The molecule has 1 fully saturated rings. The maximum atomic E-state index is 13.3. The van der Waals surface area contributed by atoms with Crippen LogP contribution >= 0.6 is 0 Å². The van der Waals surface area contributed by atoms with Crippen molar-refractivity contribution in [2.45, 2.75) is 38.2 Å². The molecular weight excluding hydrogens is 222 g/mol. The van der Waals surface area contributed by atoms with Crippen LogP contribution in [-0.4, -0.2) is 7.11 Å². The van der Waals surface area contributed by atoms with E-state index in [1.54, 1.807) is 13.2 Å². The minimum Gasteiger partial charge on any atom is -0.374 e. The Hall–Kier alpha value is -0.960. The molecule has 0 unspecified atom stereocenters. The first kappa shape index (κ1) is 12.5. The van der Waals surface area contributed by atoms with E-state index in [-0.39, 0.29) is 0 Å². The van der Waals surface area contributed by atoms with Gasteiger partial charge in [-0.2, -0.15) is 0 Å². The maximum absolute atomic E-state index is 13.3. The number of benzene rings is 1. The topological polar surface area (TPSA) is 9.23 Å². The molecule has 3 heteroatoms. The SMILES string of the molecule is COC1(c2ccc(F)c(F)c2)CCC(C)CC1. The van der Waals surface area contributed by atoms with Crippen LogP contribution in [0.1, 0.15) is 38.2 Å². The van der Waals surface area contributed by atoms with Crippen LogP contribution in [0.3, 0.4) is 0 Å². The lowest BCUT2D eigenvalue weighted by Gasteiger charge is -2.38. The Morgan fingerprint density at radius 2 is 1.82 bits per heavy atom. The standard InChI is InChI=1S/C14H18F2O/c1-10-5-7-14(17-2,8-6-10)11-3-4-12(15)13(16)9-11/h3-4,9-10H,5-8H2,1-2H3. The molecule has 0 aromatic heterocycles. The van der Waals surface area contributed by atoms with Crippen LogP contribution in [0.4, 0.5) is 8.78 Å². The number of hydrogen-bond donors (Lipinski definition) is 0. The summed E-state index contributed by atoms with van der Waals surface area (Å²) in [7, 11) is 1.65. The van der Waals surface area contributed by atoms with Crippen molar-refractivity contribution in [2.75, 3.05) is 7.11 Å². The van der Waals surface area contributed by atoms with Gasteiger partial charge in [-0.15, -0.1) is 0 Å². The number of rotatable bonds is 2. The fourth-order valence-electron chi connectivity index (χ4n) is 2.62. The molecule has 1 aliphatic carbocycles. The molecule has 0 saturated heterocycles. The summed E-state index contributed by atoms with van der Waals surface area (Å²) in [6.45, 7) is 2.21. The lowest BCUT2D eigenvalue weighted by Crippen LogP contribution is -2.33. The van der Waals surface area contributed by atoms with Gasteiger partial charge in [-0.05, 0) is 49.3 Å². The Kier molecular flexibility index (Phi) is 3.48. The van der Waals surface area contributed by atoms with Gasteiger partial charge in [0.2, 0.25) is 0 Å². The highest BCUT2D eigenvalue weighted by Crippen LogP contribution is 2.42. The molecule has 0 N–H and O–H groups in total. The van der Waals surface area contributed by atoms with E-state index >= 15 is 0 Å². The van der Waals surface area contributed by atoms with Gasteiger partial charge in [0.15, 0.2) is 11.6 Å². The fraction of sp³-hybridized carbons (Fsp3) is 0.571. The molecule has 17 heavy (non-hydrogen) atoms. The number of halogens is 2. The molecule has 1 saturated carbocycles. The molecule has 0 amide bonds. The molecule has 0 spiro atoms. The molecule has 1 nitrogen and oxygen atoms in total. The quantitative estimate of drug-likeness (QED) is 0.758. The third-order valence-corrected chi connectivity index (χ3v) is 3.92. The monoisotopic (exact) mass is 240 g/mol. The van der Waals surface area contributed by atoms with E-state index in [4.69, 9.17) is 4.74 Å². The second-order valence-corrected chi connectivity index (χ2v) is 5.01. The summed E-state index contributed by atoms with van der Waals surface area (Å²) in [4.78, 5) is 0. The normalized spacial score (nSPS) is 29.3. The molecule has 0 heterocycles. The zero-order valence-corrected chi connectivity index (χ0v) is 10.3. The van der Waals surface area contributed by atoms with Gasteiger partial charge in [-0.25, -0.2) is 8.78 Å². The molecule has 94 valence electrons.